The van der Waals surface area contributed by atoms with Gasteiger partial charge in [0.05, 0.1) is 5.25 Å². The summed E-state index contributed by atoms with van der Waals surface area (Å²) in [5.74, 6) is 0.854. The van der Waals surface area contributed by atoms with E-state index in [1.807, 2.05) is 0 Å². The fourth-order valence-electron chi connectivity index (χ4n) is 3.20. The molecule has 2 unspecified atom stereocenters. The lowest BCUT2D eigenvalue weighted by Gasteiger charge is -2.32. The third-order valence-electron chi connectivity index (χ3n) is 4.28. The van der Waals surface area contributed by atoms with Gasteiger partial charge in [-0.2, -0.15) is 0 Å². The molecular weight excluding hydrogens is 236 g/mol. The van der Waals surface area contributed by atoms with Gasteiger partial charge < -0.3 is 5.32 Å². The molecule has 1 saturated carbocycles. The summed E-state index contributed by atoms with van der Waals surface area (Å²) in [4.78, 5) is 0. The molecular formula is C12H24N2O2S. The summed E-state index contributed by atoms with van der Waals surface area (Å²) >= 11 is 0. The molecule has 3 N–H and O–H groups in total. The van der Waals surface area contributed by atoms with Crippen molar-refractivity contribution in [2.45, 2.75) is 62.7 Å². The van der Waals surface area contributed by atoms with Crippen LogP contribution < -0.4 is 10.5 Å². The first-order valence-corrected chi connectivity index (χ1v) is 8.41. The van der Waals surface area contributed by atoms with E-state index in [-0.39, 0.29) is 5.25 Å². The Hall–Kier alpha value is -0.130. The molecule has 0 aromatic rings. The Balaban J connectivity index is 1.75. The second-order valence-electron chi connectivity index (χ2n) is 5.63. The Morgan fingerprint density at radius 1 is 1.06 bits per heavy atom. The first kappa shape index (κ1) is 13.3. The normalized spacial score (nSPS) is 32.5. The molecule has 1 saturated heterocycles. The summed E-state index contributed by atoms with van der Waals surface area (Å²) in [6.45, 7) is 0.538. The van der Waals surface area contributed by atoms with Crippen molar-refractivity contribution >= 4 is 10.0 Å². The highest BCUT2D eigenvalue weighted by molar-refractivity contribution is 7.89. The predicted octanol–water partition coefficient (Wildman–Crippen LogP) is 1.37. The maximum Gasteiger partial charge on any atom is 0.213 e. The van der Waals surface area contributed by atoms with Crippen LogP contribution in [0.1, 0.15) is 51.4 Å². The third-order valence-corrected chi connectivity index (χ3v) is 5.61. The van der Waals surface area contributed by atoms with Crippen LogP contribution >= 0.6 is 0 Å². The van der Waals surface area contributed by atoms with Gasteiger partial charge in [-0.15, -0.1) is 0 Å². The maximum atomic E-state index is 11.2. The molecule has 2 fully saturated rings. The van der Waals surface area contributed by atoms with Gasteiger partial charge in [0.15, 0.2) is 0 Å². The first-order chi connectivity index (χ1) is 8.05. The molecule has 0 radical (unpaired) electrons. The monoisotopic (exact) mass is 260 g/mol. The SMILES string of the molecule is NS(=O)(=O)C1CCC(CC2CCCCC2)NC1. The van der Waals surface area contributed by atoms with Crippen molar-refractivity contribution in [3.8, 4) is 0 Å². The molecule has 2 aliphatic rings. The van der Waals surface area contributed by atoms with Crippen molar-refractivity contribution in [3.63, 3.8) is 0 Å². The number of hydrogen-bond acceptors (Lipinski definition) is 3. The van der Waals surface area contributed by atoms with Gasteiger partial charge in [-0.25, -0.2) is 13.6 Å². The summed E-state index contributed by atoms with van der Waals surface area (Å²) < 4.78 is 22.4. The van der Waals surface area contributed by atoms with Crippen molar-refractivity contribution in [3.05, 3.63) is 0 Å². The smallest absolute Gasteiger partial charge is 0.213 e. The lowest BCUT2D eigenvalue weighted by Crippen LogP contribution is -2.47. The minimum Gasteiger partial charge on any atom is -0.313 e. The summed E-state index contributed by atoms with van der Waals surface area (Å²) in [7, 11) is -3.34. The van der Waals surface area contributed by atoms with E-state index in [1.54, 1.807) is 0 Å². The lowest BCUT2D eigenvalue weighted by atomic mass is 9.83. The van der Waals surface area contributed by atoms with Crippen molar-refractivity contribution in [1.29, 1.82) is 0 Å². The molecule has 0 aromatic heterocycles. The van der Waals surface area contributed by atoms with Crippen LogP contribution in [0, 0.1) is 5.92 Å². The summed E-state index contributed by atoms with van der Waals surface area (Å²) in [6.07, 6.45) is 9.75. The second kappa shape index (κ2) is 5.67. The highest BCUT2D eigenvalue weighted by atomic mass is 32.2. The van der Waals surface area contributed by atoms with Gasteiger partial charge >= 0.3 is 0 Å². The van der Waals surface area contributed by atoms with Crippen molar-refractivity contribution in [1.82, 2.24) is 5.32 Å². The van der Waals surface area contributed by atoms with E-state index >= 15 is 0 Å². The zero-order chi connectivity index (χ0) is 12.3. The molecule has 4 nitrogen and oxygen atoms in total. The van der Waals surface area contributed by atoms with Gasteiger partial charge in [0, 0.05) is 12.6 Å². The Kier molecular flexibility index (Phi) is 4.44. The Bertz CT molecular complexity index is 328. The number of rotatable bonds is 3. The molecule has 2 atom stereocenters. The van der Waals surface area contributed by atoms with E-state index in [9.17, 15) is 8.42 Å². The molecule has 0 aromatic carbocycles. The van der Waals surface area contributed by atoms with E-state index < -0.39 is 10.0 Å². The first-order valence-electron chi connectivity index (χ1n) is 6.80. The molecule has 17 heavy (non-hydrogen) atoms. The van der Waals surface area contributed by atoms with Crippen LogP contribution in [0.25, 0.3) is 0 Å². The Morgan fingerprint density at radius 3 is 2.29 bits per heavy atom. The summed E-state index contributed by atoms with van der Waals surface area (Å²) in [6, 6.07) is 0.510. The van der Waals surface area contributed by atoms with E-state index in [0.717, 1.165) is 18.8 Å². The molecule has 0 spiro atoms. The van der Waals surface area contributed by atoms with Crippen LogP contribution in [-0.4, -0.2) is 26.3 Å². The molecule has 0 amide bonds. The van der Waals surface area contributed by atoms with Gasteiger partial charge in [0.1, 0.15) is 0 Å². The Labute approximate surface area is 104 Å². The van der Waals surface area contributed by atoms with Crippen molar-refractivity contribution in [2.75, 3.05) is 6.54 Å². The molecule has 2 rings (SSSR count). The Morgan fingerprint density at radius 2 is 1.76 bits per heavy atom. The average Bonchev–Trinajstić information content (AvgIpc) is 2.30. The topological polar surface area (TPSA) is 72.2 Å². The number of piperidine rings is 1. The fraction of sp³-hybridized carbons (Fsp3) is 1.00. The third kappa shape index (κ3) is 3.93. The van der Waals surface area contributed by atoms with E-state index in [1.165, 1.54) is 38.5 Å². The highest BCUT2D eigenvalue weighted by Crippen LogP contribution is 2.29. The lowest BCUT2D eigenvalue weighted by molar-refractivity contribution is 0.273. The molecule has 1 heterocycles. The zero-order valence-corrected chi connectivity index (χ0v) is 11.2. The summed E-state index contributed by atoms with van der Waals surface area (Å²) in [5.41, 5.74) is 0. The van der Waals surface area contributed by atoms with Crippen LogP contribution in [-0.2, 0) is 10.0 Å². The molecule has 1 aliphatic heterocycles. The number of nitrogens with one attached hydrogen (secondary N) is 1. The van der Waals surface area contributed by atoms with Crippen LogP contribution in [0.15, 0.2) is 0 Å². The minimum atomic E-state index is -3.34. The van der Waals surface area contributed by atoms with Crippen LogP contribution in [0.2, 0.25) is 0 Å². The quantitative estimate of drug-likeness (QED) is 0.805. The van der Waals surface area contributed by atoms with E-state index in [2.05, 4.69) is 5.32 Å². The van der Waals surface area contributed by atoms with E-state index in [4.69, 9.17) is 5.14 Å². The zero-order valence-electron chi connectivity index (χ0n) is 10.4. The van der Waals surface area contributed by atoms with Crippen molar-refractivity contribution in [2.24, 2.45) is 11.1 Å². The molecule has 0 bridgehead atoms. The van der Waals surface area contributed by atoms with Gasteiger partial charge in [-0.3, -0.25) is 0 Å². The number of primary sulfonamides is 1. The molecule has 100 valence electrons. The van der Waals surface area contributed by atoms with Gasteiger partial charge in [0.2, 0.25) is 10.0 Å². The van der Waals surface area contributed by atoms with Crippen LogP contribution in [0.4, 0.5) is 0 Å². The highest BCUT2D eigenvalue weighted by Gasteiger charge is 2.29. The molecule has 1 aliphatic carbocycles. The second-order valence-corrected chi connectivity index (χ2v) is 7.48. The number of hydrogen-bond donors (Lipinski definition) is 2. The van der Waals surface area contributed by atoms with Crippen LogP contribution in [0.5, 0.6) is 0 Å². The van der Waals surface area contributed by atoms with E-state index in [0.29, 0.717) is 12.6 Å². The fourth-order valence-corrected chi connectivity index (χ4v) is 3.99. The standard InChI is InChI=1S/C12H24N2O2S/c13-17(15,16)12-7-6-11(14-9-12)8-10-4-2-1-3-5-10/h10-12,14H,1-9H2,(H2,13,15,16). The number of nitrogens with two attached hydrogens (primary N) is 1. The summed E-state index contributed by atoms with van der Waals surface area (Å²) in [5, 5.41) is 8.17. The largest absolute Gasteiger partial charge is 0.313 e. The van der Waals surface area contributed by atoms with Crippen LogP contribution in [0.3, 0.4) is 0 Å². The minimum absolute atomic E-state index is 0.370. The van der Waals surface area contributed by atoms with Gasteiger partial charge in [0.25, 0.3) is 0 Å². The number of sulfonamides is 1. The predicted molar refractivity (Wildman–Crippen MR) is 69.1 cm³/mol. The van der Waals surface area contributed by atoms with Gasteiger partial charge in [-0.05, 0) is 25.2 Å². The van der Waals surface area contributed by atoms with Crippen molar-refractivity contribution < 1.29 is 8.42 Å². The molecule has 5 heteroatoms. The maximum absolute atomic E-state index is 11.2. The van der Waals surface area contributed by atoms with Gasteiger partial charge in [-0.1, -0.05) is 32.1 Å². The average molecular weight is 260 g/mol.